The lowest BCUT2D eigenvalue weighted by molar-refractivity contribution is -0.133. The fourth-order valence-corrected chi connectivity index (χ4v) is 3.14. The van der Waals surface area contributed by atoms with Gasteiger partial charge in [0.15, 0.2) is 0 Å². The molecule has 2 aromatic carbocycles. The van der Waals surface area contributed by atoms with Gasteiger partial charge in [0.2, 0.25) is 5.91 Å². The van der Waals surface area contributed by atoms with E-state index in [4.69, 9.17) is 11.6 Å². The van der Waals surface area contributed by atoms with Gasteiger partial charge in [-0.05, 0) is 37.1 Å². The Morgan fingerprint density at radius 3 is 2.54 bits per heavy atom. The van der Waals surface area contributed by atoms with Crippen LogP contribution < -0.4 is 10.6 Å². The van der Waals surface area contributed by atoms with Crippen LogP contribution in [-0.4, -0.2) is 29.3 Å². The second-order valence-corrected chi connectivity index (χ2v) is 6.75. The maximum absolute atomic E-state index is 12.8. The molecule has 26 heavy (non-hydrogen) atoms. The van der Waals surface area contributed by atoms with Crippen LogP contribution in [0.3, 0.4) is 0 Å². The number of nitrogens with zero attached hydrogens (tertiary/aromatic N) is 1. The molecule has 0 unspecified atom stereocenters. The summed E-state index contributed by atoms with van der Waals surface area (Å²) < 4.78 is 0. The summed E-state index contributed by atoms with van der Waals surface area (Å²) in [5.41, 5.74) is 0.851. The number of aryl methyl sites for hydroxylation is 1. The maximum atomic E-state index is 12.8. The summed E-state index contributed by atoms with van der Waals surface area (Å²) in [6.07, 6.45) is 0. The molecule has 7 heteroatoms. The molecule has 1 aliphatic heterocycles. The van der Waals surface area contributed by atoms with Crippen LogP contribution in [0, 0.1) is 6.92 Å². The number of hydrogen-bond donors (Lipinski definition) is 2. The number of benzene rings is 2. The van der Waals surface area contributed by atoms with Crippen molar-refractivity contribution in [1.82, 2.24) is 10.2 Å². The van der Waals surface area contributed by atoms with E-state index < -0.39 is 29.9 Å². The van der Waals surface area contributed by atoms with Crippen molar-refractivity contribution in [3.8, 4) is 0 Å². The lowest BCUT2D eigenvalue weighted by Gasteiger charge is -2.22. The van der Waals surface area contributed by atoms with Gasteiger partial charge >= 0.3 is 6.03 Å². The molecule has 1 fully saturated rings. The standard InChI is InChI=1S/C19H18ClN3O3/c1-12-8-9-15(14(20)10-12)21-16(24)11-23-17(25)19(2,22-18(23)26)13-6-4-3-5-7-13/h3-10H,11H2,1-2H3,(H,21,24)(H,22,26)/t19-/m1/s1. The third-order valence-corrected chi connectivity index (χ3v) is 4.64. The molecule has 6 nitrogen and oxygen atoms in total. The highest BCUT2D eigenvalue weighted by atomic mass is 35.5. The van der Waals surface area contributed by atoms with Gasteiger partial charge in [0.1, 0.15) is 12.1 Å². The summed E-state index contributed by atoms with van der Waals surface area (Å²) in [5.74, 6) is -0.976. The fraction of sp³-hybridized carbons (Fsp3) is 0.211. The highest BCUT2D eigenvalue weighted by Crippen LogP contribution is 2.28. The Bertz CT molecular complexity index is 885. The van der Waals surface area contributed by atoms with E-state index in [2.05, 4.69) is 10.6 Å². The Balaban J connectivity index is 1.74. The van der Waals surface area contributed by atoms with Gasteiger partial charge in [-0.15, -0.1) is 0 Å². The molecule has 0 spiro atoms. The van der Waals surface area contributed by atoms with Gasteiger partial charge < -0.3 is 10.6 Å². The SMILES string of the molecule is Cc1ccc(NC(=O)CN2C(=O)N[C@](C)(c3ccccc3)C2=O)c(Cl)c1. The second kappa shape index (κ2) is 6.80. The summed E-state index contributed by atoms with van der Waals surface area (Å²) in [6, 6.07) is 13.5. The summed E-state index contributed by atoms with van der Waals surface area (Å²) in [6.45, 7) is 3.11. The van der Waals surface area contributed by atoms with Gasteiger partial charge in [0.05, 0.1) is 10.7 Å². The van der Waals surface area contributed by atoms with E-state index in [1.165, 1.54) is 0 Å². The van der Waals surface area contributed by atoms with Gasteiger partial charge in [-0.2, -0.15) is 0 Å². The van der Waals surface area contributed by atoms with E-state index >= 15 is 0 Å². The Morgan fingerprint density at radius 2 is 1.88 bits per heavy atom. The fourth-order valence-electron chi connectivity index (χ4n) is 2.86. The molecule has 1 aliphatic rings. The Labute approximate surface area is 156 Å². The average molecular weight is 372 g/mol. The Hall–Kier alpha value is -2.86. The van der Waals surface area contributed by atoms with E-state index in [9.17, 15) is 14.4 Å². The topological polar surface area (TPSA) is 78.5 Å². The van der Waals surface area contributed by atoms with Crippen LogP contribution in [-0.2, 0) is 15.1 Å². The van der Waals surface area contributed by atoms with E-state index in [1.807, 2.05) is 19.1 Å². The molecular weight excluding hydrogens is 354 g/mol. The number of carbonyl (C=O) groups excluding carboxylic acids is 3. The van der Waals surface area contributed by atoms with Gasteiger partial charge in [-0.3, -0.25) is 14.5 Å². The number of imide groups is 1. The minimum absolute atomic E-state index is 0.392. The third-order valence-electron chi connectivity index (χ3n) is 4.33. The number of hydrogen-bond acceptors (Lipinski definition) is 3. The van der Waals surface area contributed by atoms with Crippen molar-refractivity contribution in [2.24, 2.45) is 0 Å². The molecule has 0 radical (unpaired) electrons. The number of amides is 4. The lowest BCUT2D eigenvalue weighted by atomic mass is 9.92. The largest absolute Gasteiger partial charge is 0.325 e. The molecule has 0 bridgehead atoms. The highest BCUT2D eigenvalue weighted by Gasteiger charge is 2.49. The molecule has 2 aromatic rings. The van der Waals surface area contributed by atoms with Crippen LogP contribution in [0.15, 0.2) is 48.5 Å². The van der Waals surface area contributed by atoms with Crippen molar-refractivity contribution >= 4 is 35.1 Å². The zero-order chi connectivity index (χ0) is 18.9. The molecule has 1 atom stereocenters. The number of halogens is 1. The first-order chi connectivity index (χ1) is 12.3. The number of anilines is 1. The molecule has 3 rings (SSSR count). The second-order valence-electron chi connectivity index (χ2n) is 6.34. The van der Waals surface area contributed by atoms with Gasteiger partial charge in [-0.1, -0.05) is 48.0 Å². The predicted octanol–water partition coefficient (Wildman–Crippen LogP) is 3.05. The maximum Gasteiger partial charge on any atom is 0.325 e. The smallest absolute Gasteiger partial charge is 0.323 e. The number of urea groups is 1. The van der Waals surface area contributed by atoms with Crippen LogP contribution >= 0.6 is 11.6 Å². The van der Waals surface area contributed by atoms with Crippen molar-refractivity contribution in [2.75, 3.05) is 11.9 Å². The van der Waals surface area contributed by atoms with Crippen molar-refractivity contribution in [3.63, 3.8) is 0 Å². The van der Waals surface area contributed by atoms with Crippen LogP contribution in [0.2, 0.25) is 5.02 Å². The third kappa shape index (κ3) is 3.28. The lowest BCUT2D eigenvalue weighted by Crippen LogP contribution is -2.42. The van der Waals surface area contributed by atoms with Crippen molar-refractivity contribution in [3.05, 3.63) is 64.7 Å². The van der Waals surface area contributed by atoms with Crippen LogP contribution in [0.4, 0.5) is 10.5 Å². The zero-order valence-electron chi connectivity index (χ0n) is 14.4. The minimum atomic E-state index is -1.19. The van der Waals surface area contributed by atoms with E-state index in [-0.39, 0.29) is 0 Å². The monoisotopic (exact) mass is 371 g/mol. The molecule has 4 amide bonds. The molecule has 0 aromatic heterocycles. The number of nitrogens with one attached hydrogen (secondary N) is 2. The molecule has 0 saturated carbocycles. The minimum Gasteiger partial charge on any atom is -0.323 e. The molecule has 1 saturated heterocycles. The summed E-state index contributed by atoms with van der Waals surface area (Å²) in [4.78, 5) is 38.2. The van der Waals surface area contributed by atoms with Gasteiger partial charge in [0, 0.05) is 0 Å². The first-order valence-electron chi connectivity index (χ1n) is 8.07. The Morgan fingerprint density at radius 1 is 1.19 bits per heavy atom. The first-order valence-corrected chi connectivity index (χ1v) is 8.45. The van der Waals surface area contributed by atoms with Crippen LogP contribution in [0.5, 0.6) is 0 Å². The van der Waals surface area contributed by atoms with Crippen molar-refractivity contribution in [2.45, 2.75) is 19.4 Å². The highest BCUT2D eigenvalue weighted by molar-refractivity contribution is 6.33. The molecule has 134 valence electrons. The molecular formula is C19H18ClN3O3. The molecule has 2 N–H and O–H groups in total. The number of rotatable bonds is 4. The van der Waals surface area contributed by atoms with Gasteiger partial charge in [-0.25, -0.2) is 4.79 Å². The summed E-state index contributed by atoms with van der Waals surface area (Å²) in [5, 5.41) is 5.69. The quantitative estimate of drug-likeness (QED) is 0.811. The zero-order valence-corrected chi connectivity index (χ0v) is 15.1. The Kier molecular flexibility index (Phi) is 4.70. The van der Waals surface area contributed by atoms with Crippen LogP contribution in [0.1, 0.15) is 18.1 Å². The summed E-state index contributed by atoms with van der Waals surface area (Å²) in [7, 11) is 0. The van der Waals surface area contributed by atoms with Crippen molar-refractivity contribution < 1.29 is 14.4 Å². The van der Waals surface area contributed by atoms with E-state index in [0.717, 1.165) is 10.5 Å². The van der Waals surface area contributed by atoms with E-state index in [1.54, 1.807) is 43.3 Å². The van der Waals surface area contributed by atoms with E-state index in [0.29, 0.717) is 16.3 Å². The molecule has 1 heterocycles. The molecule has 0 aliphatic carbocycles. The van der Waals surface area contributed by atoms with Gasteiger partial charge in [0.25, 0.3) is 5.91 Å². The summed E-state index contributed by atoms with van der Waals surface area (Å²) >= 11 is 6.10. The first kappa shape index (κ1) is 17.9. The predicted molar refractivity (Wildman–Crippen MR) is 98.9 cm³/mol. The average Bonchev–Trinajstić information content (AvgIpc) is 2.82. The number of carbonyl (C=O) groups is 3. The normalized spacial score (nSPS) is 19.4. The van der Waals surface area contributed by atoms with Crippen molar-refractivity contribution in [1.29, 1.82) is 0 Å². The van der Waals surface area contributed by atoms with Crippen LogP contribution in [0.25, 0.3) is 0 Å².